The first-order valence-electron chi connectivity index (χ1n) is 4.17. The molecule has 0 saturated carbocycles. The molecule has 58 valence electrons. The van der Waals surface area contributed by atoms with E-state index in [4.69, 9.17) is 4.74 Å². The lowest BCUT2D eigenvalue weighted by molar-refractivity contribution is 0.0601. The molecule has 0 aromatic heterocycles. The van der Waals surface area contributed by atoms with Crippen LogP contribution in [0.3, 0.4) is 0 Å². The summed E-state index contributed by atoms with van der Waals surface area (Å²) in [5.74, 6) is 0. The minimum absolute atomic E-state index is 0.541. The van der Waals surface area contributed by atoms with Crippen LogP contribution in [0.25, 0.3) is 0 Å². The van der Waals surface area contributed by atoms with E-state index in [9.17, 15) is 0 Å². The van der Waals surface area contributed by atoms with Gasteiger partial charge in [0, 0.05) is 19.2 Å². The molecule has 0 aliphatic carbocycles. The van der Waals surface area contributed by atoms with Crippen molar-refractivity contribution < 1.29 is 4.74 Å². The fraction of sp³-hybridized carbons (Fsp3) is 1.00. The molecule has 2 heterocycles. The maximum atomic E-state index is 5.33. The fourth-order valence-electron chi connectivity index (χ4n) is 2.20. The third-order valence-electron chi connectivity index (χ3n) is 2.76. The van der Waals surface area contributed by atoms with Crippen molar-refractivity contribution in [2.24, 2.45) is 0 Å². The van der Waals surface area contributed by atoms with Gasteiger partial charge in [0.2, 0.25) is 0 Å². The van der Waals surface area contributed by atoms with Crippen LogP contribution in [-0.2, 0) is 4.74 Å². The zero-order chi connectivity index (χ0) is 6.97. The lowest BCUT2D eigenvalue weighted by atomic mass is 10.0. The summed E-state index contributed by atoms with van der Waals surface area (Å²) >= 11 is 0. The van der Waals surface area contributed by atoms with Crippen molar-refractivity contribution in [1.29, 1.82) is 0 Å². The van der Waals surface area contributed by atoms with Crippen molar-refractivity contribution in [3.05, 3.63) is 0 Å². The Morgan fingerprint density at radius 3 is 2.30 bits per heavy atom. The van der Waals surface area contributed by atoms with Gasteiger partial charge in [-0.05, 0) is 25.7 Å². The van der Waals surface area contributed by atoms with Crippen LogP contribution in [0, 0.1) is 0 Å². The van der Waals surface area contributed by atoms with E-state index in [1.165, 1.54) is 25.7 Å². The Hall–Kier alpha value is -0.0800. The molecular formula is C8H15NO. The molecule has 2 aliphatic heterocycles. The Morgan fingerprint density at radius 1 is 1.20 bits per heavy atom. The lowest BCUT2D eigenvalue weighted by Crippen LogP contribution is -2.40. The second kappa shape index (κ2) is 2.51. The van der Waals surface area contributed by atoms with Crippen LogP contribution < -0.4 is 5.32 Å². The highest BCUT2D eigenvalue weighted by Gasteiger charge is 2.33. The first-order chi connectivity index (χ1) is 4.88. The van der Waals surface area contributed by atoms with E-state index in [-0.39, 0.29) is 0 Å². The predicted octanol–water partition coefficient (Wildman–Crippen LogP) is 0.916. The van der Waals surface area contributed by atoms with Crippen molar-refractivity contribution >= 4 is 0 Å². The average Bonchev–Trinajstić information content (AvgIpc) is 2.30. The maximum absolute atomic E-state index is 5.33. The number of hydrogen-bond donors (Lipinski definition) is 1. The molecule has 2 fully saturated rings. The summed E-state index contributed by atoms with van der Waals surface area (Å²) in [7, 11) is 1.83. The minimum atomic E-state index is 0.541. The monoisotopic (exact) mass is 141 g/mol. The van der Waals surface area contributed by atoms with E-state index < -0.39 is 0 Å². The number of rotatable bonds is 1. The molecule has 0 aromatic carbocycles. The van der Waals surface area contributed by atoms with Gasteiger partial charge in [0.05, 0.1) is 6.10 Å². The van der Waals surface area contributed by atoms with Crippen molar-refractivity contribution in [2.75, 3.05) is 7.11 Å². The van der Waals surface area contributed by atoms with Crippen LogP contribution in [0.15, 0.2) is 0 Å². The summed E-state index contributed by atoms with van der Waals surface area (Å²) < 4.78 is 5.33. The topological polar surface area (TPSA) is 21.3 Å². The molecule has 2 heteroatoms. The van der Waals surface area contributed by atoms with Gasteiger partial charge in [0.15, 0.2) is 0 Å². The van der Waals surface area contributed by atoms with Crippen LogP contribution in [0.2, 0.25) is 0 Å². The number of ether oxygens (including phenoxy) is 1. The first kappa shape index (κ1) is 6.62. The van der Waals surface area contributed by atoms with Gasteiger partial charge < -0.3 is 10.1 Å². The van der Waals surface area contributed by atoms with Gasteiger partial charge in [0.25, 0.3) is 0 Å². The Bertz CT molecular complexity index is 114. The van der Waals surface area contributed by atoms with E-state index in [1.807, 2.05) is 7.11 Å². The molecular weight excluding hydrogens is 126 g/mol. The summed E-state index contributed by atoms with van der Waals surface area (Å²) in [6.45, 7) is 0. The van der Waals surface area contributed by atoms with E-state index in [2.05, 4.69) is 5.32 Å². The van der Waals surface area contributed by atoms with Crippen LogP contribution in [0.5, 0.6) is 0 Å². The highest BCUT2D eigenvalue weighted by molar-refractivity contribution is 4.92. The third-order valence-corrected chi connectivity index (χ3v) is 2.76. The van der Waals surface area contributed by atoms with E-state index in [1.54, 1.807) is 0 Å². The van der Waals surface area contributed by atoms with Gasteiger partial charge >= 0.3 is 0 Å². The Kier molecular flexibility index (Phi) is 1.66. The molecule has 0 aromatic rings. The van der Waals surface area contributed by atoms with E-state index >= 15 is 0 Å². The molecule has 0 amide bonds. The molecule has 2 rings (SSSR count). The van der Waals surface area contributed by atoms with E-state index in [0.29, 0.717) is 6.10 Å². The Balaban J connectivity index is 1.96. The normalized spacial score (nSPS) is 45.9. The average molecular weight is 141 g/mol. The summed E-state index contributed by atoms with van der Waals surface area (Å²) in [5, 5.41) is 3.57. The number of hydrogen-bond acceptors (Lipinski definition) is 2. The van der Waals surface area contributed by atoms with Crippen LogP contribution >= 0.6 is 0 Å². The standard InChI is InChI=1S/C8H15NO/c1-10-8-4-6-2-3-7(5-8)9-6/h6-9H,2-5H2,1H3/t6-,7+,8+. The zero-order valence-corrected chi connectivity index (χ0v) is 6.47. The van der Waals surface area contributed by atoms with Crippen LogP contribution in [0.4, 0.5) is 0 Å². The van der Waals surface area contributed by atoms with E-state index in [0.717, 1.165) is 12.1 Å². The zero-order valence-electron chi connectivity index (χ0n) is 6.47. The SMILES string of the molecule is CO[C@H]1C[C@H]2CC[C@@H](C1)N2. The number of piperidine rings is 1. The Morgan fingerprint density at radius 2 is 1.80 bits per heavy atom. The van der Waals surface area contributed by atoms with Crippen molar-refractivity contribution in [2.45, 2.75) is 43.9 Å². The van der Waals surface area contributed by atoms with Gasteiger partial charge in [-0.2, -0.15) is 0 Å². The second-order valence-electron chi connectivity index (χ2n) is 3.47. The lowest BCUT2D eigenvalue weighted by Gasteiger charge is -2.27. The number of methoxy groups -OCH3 is 1. The van der Waals surface area contributed by atoms with Gasteiger partial charge in [-0.1, -0.05) is 0 Å². The molecule has 0 unspecified atom stereocenters. The summed E-state index contributed by atoms with van der Waals surface area (Å²) in [6.07, 6.45) is 5.73. The molecule has 0 spiro atoms. The van der Waals surface area contributed by atoms with Crippen molar-refractivity contribution in [1.82, 2.24) is 5.32 Å². The molecule has 2 aliphatic rings. The van der Waals surface area contributed by atoms with Crippen LogP contribution in [0.1, 0.15) is 25.7 Å². The number of fused-ring (bicyclic) bond motifs is 2. The van der Waals surface area contributed by atoms with Gasteiger partial charge in [-0.25, -0.2) is 0 Å². The van der Waals surface area contributed by atoms with Gasteiger partial charge in [0.1, 0.15) is 0 Å². The number of nitrogens with one attached hydrogen (secondary N) is 1. The predicted molar refractivity (Wildman–Crippen MR) is 40.0 cm³/mol. The quantitative estimate of drug-likeness (QED) is 0.586. The Labute approximate surface area is 61.9 Å². The first-order valence-corrected chi connectivity index (χ1v) is 4.17. The van der Waals surface area contributed by atoms with Crippen molar-refractivity contribution in [3.63, 3.8) is 0 Å². The van der Waals surface area contributed by atoms with Crippen LogP contribution in [-0.4, -0.2) is 25.3 Å². The molecule has 2 saturated heterocycles. The van der Waals surface area contributed by atoms with Crippen molar-refractivity contribution in [3.8, 4) is 0 Å². The summed E-state index contributed by atoms with van der Waals surface area (Å²) in [5.41, 5.74) is 0. The molecule has 2 bridgehead atoms. The summed E-state index contributed by atoms with van der Waals surface area (Å²) in [4.78, 5) is 0. The maximum Gasteiger partial charge on any atom is 0.0601 e. The second-order valence-corrected chi connectivity index (χ2v) is 3.47. The largest absolute Gasteiger partial charge is 0.381 e. The highest BCUT2D eigenvalue weighted by Crippen LogP contribution is 2.27. The van der Waals surface area contributed by atoms with Gasteiger partial charge in [-0.15, -0.1) is 0 Å². The molecule has 10 heavy (non-hydrogen) atoms. The third kappa shape index (κ3) is 1.06. The molecule has 2 nitrogen and oxygen atoms in total. The molecule has 3 atom stereocenters. The summed E-state index contributed by atoms with van der Waals surface area (Å²) in [6, 6.07) is 1.53. The highest BCUT2D eigenvalue weighted by atomic mass is 16.5. The fourth-order valence-corrected chi connectivity index (χ4v) is 2.20. The molecule has 1 N–H and O–H groups in total. The van der Waals surface area contributed by atoms with Gasteiger partial charge in [-0.3, -0.25) is 0 Å². The minimum Gasteiger partial charge on any atom is -0.381 e. The molecule has 0 radical (unpaired) electrons. The smallest absolute Gasteiger partial charge is 0.0601 e.